The van der Waals surface area contributed by atoms with E-state index in [4.69, 9.17) is 5.11 Å². The third kappa shape index (κ3) is 4.25. The van der Waals surface area contributed by atoms with Crippen molar-refractivity contribution in [3.05, 3.63) is 47.9 Å². The van der Waals surface area contributed by atoms with Crippen molar-refractivity contribution in [2.24, 2.45) is 0 Å². The number of aliphatic hydroxyl groups excluding tert-OH is 1. The van der Waals surface area contributed by atoms with Gasteiger partial charge in [-0.05, 0) is 24.1 Å². The monoisotopic (exact) mass is 286 g/mol. The first kappa shape index (κ1) is 14.9. The highest BCUT2D eigenvalue weighted by Crippen LogP contribution is 2.11. The number of hydrogen-bond donors (Lipinski definition) is 3. The lowest BCUT2D eigenvalue weighted by Gasteiger charge is -2.06. The Bertz CT molecular complexity index is 582. The molecule has 1 heterocycles. The molecule has 3 N–H and O–H groups in total. The maximum absolute atomic E-state index is 12.0. The van der Waals surface area contributed by atoms with Gasteiger partial charge in [-0.15, -0.1) is 0 Å². The number of nitrogens with zero attached hydrogens (tertiary/aromatic N) is 2. The zero-order valence-electron chi connectivity index (χ0n) is 11.8. The molecule has 2 aromatic rings. The third-order valence-electron chi connectivity index (χ3n) is 2.83. The van der Waals surface area contributed by atoms with Crippen LogP contribution in [0.3, 0.4) is 0 Å². The minimum atomic E-state index is -0.318. The zero-order valence-corrected chi connectivity index (χ0v) is 11.8. The van der Waals surface area contributed by atoms with Crippen molar-refractivity contribution in [2.45, 2.75) is 20.0 Å². The predicted molar refractivity (Wildman–Crippen MR) is 81.1 cm³/mol. The van der Waals surface area contributed by atoms with Crippen LogP contribution in [0.15, 0.2) is 36.7 Å². The molecule has 0 radical (unpaired) electrons. The van der Waals surface area contributed by atoms with Gasteiger partial charge in [-0.25, -0.2) is 9.97 Å². The van der Waals surface area contributed by atoms with Gasteiger partial charge in [0.05, 0.1) is 19.0 Å². The molecule has 0 aliphatic rings. The van der Waals surface area contributed by atoms with Crippen LogP contribution in [0.25, 0.3) is 0 Å². The van der Waals surface area contributed by atoms with E-state index in [9.17, 15) is 4.79 Å². The Morgan fingerprint density at radius 2 is 1.95 bits per heavy atom. The van der Waals surface area contributed by atoms with E-state index in [1.165, 1.54) is 6.20 Å². The number of nitrogens with one attached hydrogen (secondary N) is 2. The van der Waals surface area contributed by atoms with Crippen LogP contribution in [-0.4, -0.2) is 27.5 Å². The number of hydrogen-bond acceptors (Lipinski definition) is 5. The number of amides is 1. The molecule has 0 atom stereocenters. The van der Waals surface area contributed by atoms with Gasteiger partial charge in [-0.2, -0.15) is 0 Å². The van der Waals surface area contributed by atoms with Crippen molar-refractivity contribution in [3.8, 4) is 0 Å². The molecule has 1 aromatic heterocycles. The molecular weight excluding hydrogens is 268 g/mol. The highest BCUT2D eigenvalue weighted by atomic mass is 16.3. The second-order valence-electron chi connectivity index (χ2n) is 4.52. The van der Waals surface area contributed by atoms with Crippen molar-refractivity contribution in [1.29, 1.82) is 0 Å². The summed E-state index contributed by atoms with van der Waals surface area (Å²) < 4.78 is 0. The van der Waals surface area contributed by atoms with Crippen LogP contribution in [0, 0.1) is 0 Å². The maximum atomic E-state index is 12.0. The summed E-state index contributed by atoms with van der Waals surface area (Å²) in [5, 5.41) is 14.8. The molecule has 110 valence electrons. The van der Waals surface area contributed by atoms with Gasteiger partial charge in [0.15, 0.2) is 0 Å². The number of aliphatic hydroxyl groups is 1. The van der Waals surface area contributed by atoms with E-state index in [0.29, 0.717) is 11.5 Å². The summed E-state index contributed by atoms with van der Waals surface area (Å²) in [6.07, 6.45) is 3.97. The summed E-state index contributed by atoms with van der Waals surface area (Å²) in [5.74, 6) is 0.335. The lowest BCUT2D eigenvalue weighted by Crippen LogP contribution is -2.14. The minimum Gasteiger partial charge on any atom is -0.392 e. The number of carbonyl (C=O) groups excluding carboxylic acids is 1. The molecule has 6 heteroatoms. The highest BCUT2D eigenvalue weighted by Gasteiger charge is 2.08. The Hall–Kier alpha value is -2.47. The topological polar surface area (TPSA) is 87.1 Å². The molecule has 0 fully saturated rings. The van der Waals surface area contributed by atoms with E-state index in [1.54, 1.807) is 30.5 Å². The van der Waals surface area contributed by atoms with Crippen LogP contribution < -0.4 is 10.6 Å². The molecule has 0 saturated heterocycles. The van der Waals surface area contributed by atoms with E-state index in [-0.39, 0.29) is 18.2 Å². The van der Waals surface area contributed by atoms with E-state index >= 15 is 0 Å². The van der Waals surface area contributed by atoms with Gasteiger partial charge in [-0.3, -0.25) is 4.79 Å². The van der Waals surface area contributed by atoms with Gasteiger partial charge in [0.1, 0.15) is 11.5 Å². The van der Waals surface area contributed by atoms with Gasteiger partial charge in [-0.1, -0.05) is 19.1 Å². The summed E-state index contributed by atoms with van der Waals surface area (Å²) in [6.45, 7) is 2.85. The Labute approximate surface area is 123 Å². The van der Waals surface area contributed by atoms with E-state index in [2.05, 4.69) is 27.5 Å². The average molecular weight is 286 g/mol. The Morgan fingerprint density at radius 1 is 1.19 bits per heavy atom. The van der Waals surface area contributed by atoms with Gasteiger partial charge in [0.25, 0.3) is 5.91 Å². The molecular formula is C15H18N4O2. The molecule has 0 unspecified atom stereocenters. The molecule has 1 aromatic carbocycles. The summed E-state index contributed by atoms with van der Waals surface area (Å²) in [6, 6.07) is 6.96. The molecule has 0 aliphatic carbocycles. The fourth-order valence-corrected chi connectivity index (χ4v) is 1.68. The zero-order chi connectivity index (χ0) is 15.1. The normalized spacial score (nSPS) is 10.2. The molecule has 21 heavy (non-hydrogen) atoms. The summed E-state index contributed by atoms with van der Waals surface area (Å²) in [7, 11) is 0. The molecule has 0 bridgehead atoms. The highest BCUT2D eigenvalue weighted by molar-refractivity contribution is 6.02. The smallest absolute Gasteiger partial charge is 0.275 e. The largest absolute Gasteiger partial charge is 0.392 e. The first-order valence-corrected chi connectivity index (χ1v) is 6.80. The van der Waals surface area contributed by atoms with Crippen LogP contribution in [-0.2, 0) is 6.61 Å². The Kier molecular flexibility index (Phi) is 5.22. The Balaban J connectivity index is 1.98. The number of benzene rings is 1. The van der Waals surface area contributed by atoms with Gasteiger partial charge in [0, 0.05) is 12.2 Å². The summed E-state index contributed by atoms with van der Waals surface area (Å²) in [4.78, 5) is 20.2. The van der Waals surface area contributed by atoms with Crippen molar-refractivity contribution in [2.75, 3.05) is 17.2 Å². The van der Waals surface area contributed by atoms with Gasteiger partial charge >= 0.3 is 0 Å². The van der Waals surface area contributed by atoms with E-state index in [1.807, 2.05) is 0 Å². The standard InChI is InChI=1S/C15H18N4O2/c1-2-7-16-14-9-17-13(8-18-14)15(21)19-12-5-3-11(10-20)4-6-12/h3-6,8-9,20H,2,7,10H2,1H3,(H,16,18)(H,19,21). The molecule has 6 nitrogen and oxygen atoms in total. The number of aromatic nitrogens is 2. The molecule has 0 saturated carbocycles. The van der Waals surface area contributed by atoms with Crippen LogP contribution in [0.2, 0.25) is 0 Å². The maximum Gasteiger partial charge on any atom is 0.275 e. The van der Waals surface area contributed by atoms with Crippen molar-refractivity contribution < 1.29 is 9.90 Å². The SMILES string of the molecule is CCCNc1cnc(C(=O)Nc2ccc(CO)cc2)cn1. The van der Waals surface area contributed by atoms with E-state index < -0.39 is 0 Å². The van der Waals surface area contributed by atoms with Crippen molar-refractivity contribution in [3.63, 3.8) is 0 Å². The van der Waals surface area contributed by atoms with Crippen LogP contribution >= 0.6 is 0 Å². The fourth-order valence-electron chi connectivity index (χ4n) is 1.68. The van der Waals surface area contributed by atoms with Gasteiger partial charge in [0.2, 0.25) is 0 Å². The Morgan fingerprint density at radius 3 is 2.52 bits per heavy atom. The molecule has 0 aliphatic heterocycles. The van der Waals surface area contributed by atoms with Crippen LogP contribution in [0.5, 0.6) is 0 Å². The summed E-state index contributed by atoms with van der Waals surface area (Å²) >= 11 is 0. The summed E-state index contributed by atoms with van der Waals surface area (Å²) in [5.41, 5.74) is 1.69. The second kappa shape index (κ2) is 7.35. The minimum absolute atomic E-state index is 0.0219. The van der Waals surface area contributed by atoms with Crippen LogP contribution in [0.1, 0.15) is 29.4 Å². The lowest BCUT2D eigenvalue weighted by atomic mass is 10.2. The first-order valence-electron chi connectivity index (χ1n) is 6.80. The first-order chi connectivity index (χ1) is 10.2. The average Bonchev–Trinajstić information content (AvgIpc) is 2.54. The van der Waals surface area contributed by atoms with E-state index in [0.717, 1.165) is 18.5 Å². The van der Waals surface area contributed by atoms with Gasteiger partial charge < -0.3 is 15.7 Å². The lowest BCUT2D eigenvalue weighted by molar-refractivity contribution is 0.102. The number of anilines is 2. The molecule has 0 spiro atoms. The van der Waals surface area contributed by atoms with Crippen LogP contribution in [0.4, 0.5) is 11.5 Å². The predicted octanol–water partition coefficient (Wildman–Crippen LogP) is 2.04. The van der Waals surface area contributed by atoms with Crippen molar-refractivity contribution >= 4 is 17.4 Å². The second-order valence-corrected chi connectivity index (χ2v) is 4.52. The number of rotatable bonds is 6. The third-order valence-corrected chi connectivity index (χ3v) is 2.83. The molecule has 2 rings (SSSR count). The molecule has 1 amide bonds. The quantitative estimate of drug-likeness (QED) is 0.756. The fraction of sp³-hybridized carbons (Fsp3) is 0.267. The van der Waals surface area contributed by atoms with Crippen molar-refractivity contribution in [1.82, 2.24) is 9.97 Å². The number of carbonyl (C=O) groups is 1.